The molecule has 0 fully saturated rings. The quantitative estimate of drug-likeness (QED) is 0.413. The number of aromatic nitrogens is 1. The Hall–Kier alpha value is -4.18. The van der Waals surface area contributed by atoms with Gasteiger partial charge in [0.05, 0.1) is 5.69 Å². The maximum Gasteiger partial charge on any atom is 0.262 e. The van der Waals surface area contributed by atoms with Gasteiger partial charge in [-0.2, -0.15) is 0 Å². The minimum atomic E-state index is -0.214. The van der Waals surface area contributed by atoms with Gasteiger partial charge in [-0.05, 0) is 47.5 Å². The molecule has 0 atom stereocenters. The lowest BCUT2D eigenvalue weighted by molar-refractivity contribution is -0.118. The van der Waals surface area contributed by atoms with Crippen molar-refractivity contribution in [2.24, 2.45) is 0 Å². The average molecular weight is 406 g/mol. The highest BCUT2D eigenvalue weighted by atomic mass is 16.5. The molecule has 1 N–H and O–H groups in total. The van der Waals surface area contributed by atoms with Crippen LogP contribution in [0.3, 0.4) is 0 Å². The number of hydrogen-bond donors (Lipinski definition) is 1. The largest absolute Gasteiger partial charge is 0.483 e. The van der Waals surface area contributed by atoms with Gasteiger partial charge in [0, 0.05) is 17.4 Å². The van der Waals surface area contributed by atoms with Crippen LogP contribution in [0, 0.1) is 0 Å². The van der Waals surface area contributed by atoms with E-state index in [0.717, 1.165) is 22.4 Å². The van der Waals surface area contributed by atoms with E-state index in [2.05, 4.69) is 10.3 Å². The Morgan fingerprint density at radius 2 is 1.65 bits per heavy atom. The first-order valence-electron chi connectivity index (χ1n) is 10.0. The molecule has 31 heavy (non-hydrogen) atoms. The van der Waals surface area contributed by atoms with Gasteiger partial charge in [0.25, 0.3) is 5.91 Å². The van der Waals surface area contributed by atoms with Crippen molar-refractivity contribution in [1.29, 1.82) is 0 Å². The predicted molar refractivity (Wildman–Crippen MR) is 126 cm³/mol. The van der Waals surface area contributed by atoms with Crippen LogP contribution in [0.4, 0.5) is 5.69 Å². The van der Waals surface area contributed by atoms with Crippen molar-refractivity contribution in [2.45, 2.75) is 0 Å². The lowest BCUT2D eigenvalue weighted by Crippen LogP contribution is -2.20. The van der Waals surface area contributed by atoms with Crippen LogP contribution in [-0.4, -0.2) is 17.5 Å². The summed E-state index contributed by atoms with van der Waals surface area (Å²) in [4.78, 5) is 16.7. The number of anilines is 1. The highest BCUT2D eigenvalue weighted by Gasteiger charge is 2.08. The summed E-state index contributed by atoms with van der Waals surface area (Å²) in [6.07, 6.45) is 5.65. The number of nitrogens with zero attached hydrogens (tertiary/aromatic N) is 1. The van der Waals surface area contributed by atoms with Crippen LogP contribution >= 0.6 is 0 Å². The van der Waals surface area contributed by atoms with Crippen molar-refractivity contribution < 1.29 is 9.53 Å². The fraction of sp³-hybridized carbons (Fsp3) is 0.0370. The van der Waals surface area contributed by atoms with Crippen LogP contribution in [0.15, 0.2) is 103 Å². The van der Waals surface area contributed by atoms with Crippen molar-refractivity contribution in [1.82, 2.24) is 4.98 Å². The van der Waals surface area contributed by atoms with E-state index in [0.29, 0.717) is 11.4 Å². The number of hydrogen-bond acceptors (Lipinski definition) is 3. The molecule has 0 radical (unpaired) electrons. The van der Waals surface area contributed by atoms with Crippen molar-refractivity contribution in [2.75, 3.05) is 11.9 Å². The first-order valence-corrected chi connectivity index (χ1v) is 10.0. The minimum Gasteiger partial charge on any atom is -0.483 e. The highest BCUT2D eigenvalue weighted by Crippen LogP contribution is 2.29. The molecule has 0 bridgehead atoms. The van der Waals surface area contributed by atoms with E-state index in [1.165, 1.54) is 0 Å². The number of nitrogens with one attached hydrogen (secondary N) is 1. The maximum atomic E-state index is 12.5. The summed E-state index contributed by atoms with van der Waals surface area (Å²) in [5, 5.41) is 2.90. The van der Waals surface area contributed by atoms with Crippen molar-refractivity contribution in [3.63, 3.8) is 0 Å². The standard InChI is InChI=1S/C27H22N2O2/c30-27(20-31-26-15-5-4-14-25(26)22-10-2-1-3-11-22)29-24-13-8-9-21(19-24)16-17-23-12-6-7-18-28-23/h1-19H,20H2,(H,29,30)/b17-16+. The smallest absolute Gasteiger partial charge is 0.262 e. The lowest BCUT2D eigenvalue weighted by atomic mass is 10.1. The van der Waals surface area contributed by atoms with Gasteiger partial charge in [0.2, 0.25) is 0 Å². The molecular weight excluding hydrogens is 384 g/mol. The zero-order chi connectivity index (χ0) is 21.3. The van der Waals surface area contributed by atoms with Gasteiger partial charge < -0.3 is 10.1 Å². The van der Waals surface area contributed by atoms with E-state index in [1.54, 1.807) is 6.20 Å². The second-order valence-electron chi connectivity index (χ2n) is 6.91. The molecule has 4 rings (SSSR count). The summed E-state index contributed by atoms with van der Waals surface area (Å²) in [5.74, 6) is 0.463. The molecule has 0 aliphatic carbocycles. The lowest BCUT2D eigenvalue weighted by Gasteiger charge is -2.12. The number of benzene rings is 3. The van der Waals surface area contributed by atoms with Crippen molar-refractivity contribution in [3.8, 4) is 16.9 Å². The second kappa shape index (κ2) is 10.0. The van der Waals surface area contributed by atoms with Crippen LogP contribution in [0.25, 0.3) is 23.3 Å². The fourth-order valence-corrected chi connectivity index (χ4v) is 3.17. The van der Waals surface area contributed by atoms with Crippen LogP contribution in [0.5, 0.6) is 5.75 Å². The number of amides is 1. The Labute approximate surface area is 181 Å². The van der Waals surface area contributed by atoms with Gasteiger partial charge in [-0.1, -0.05) is 72.8 Å². The van der Waals surface area contributed by atoms with Crippen molar-refractivity contribution >= 4 is 23.7 Å². The number of carbonyl (C=O) groups excluding carboxylic acids is 1. The number of rotatable bonds is 7. The molecule has 1 amide bonds. The number of pyridine rings is 1. The molecule has 1 aromatic heterocycles. The highest BCUT2D eigenvalue weighted by molar-refractivity contribution is 5.92. The van der Waals surface area contributed by atoms with Crippen LogP contribution in [0.2, 0.25) is 0 Å². The van der Waals surface area contributed by atoms with E-state index in [4.69, 9.17) is 4.74 Å². The van der Waals surface area contributed by atoms with Gasteiger partial charge in [0.1, 0.15) is 5.75 Å². The molecule has 4 aromatic rings. The van der Waals surface area contributed by atoms with Crippen LogP contribution < -0.4 is 10.1 Å². The Morgan fingerprint density at radius 1 is 0.839 bits per heavy atom. The van der Waals surface area contributed by atoms with E-state index < -0.39 is 0 Å². The van der Waals surface area contributed by atoms with Gasteiger partial charge in [-0.3, -0.25) is 9.78 Å². The van der Waals surface area contributed by atoms with Crippen LogP contribution in [-0.2, 0) is 4.79 Å². The summed E-state index contributed by atoms with van der Waals surface area (Å²) in [6, 6.07) is 31.1. The SMILES string of the molecule is O=C(COc1ccccc1-c1ccccc1)Nc1cccc(/C=C/c2ccccn2)c1. The summed E-state index contributed by atoms with van der Waals surface area (Å²) < 4.78 is 5.83. The van der Waals surface area contributed by atoms with E-state index in [1.807, 2.05) is 109 Å². The molecule has 0 saturated heterocycles. The Bertz CT molecular complexity index is 1170. The van der Waals surface area contributed by atoms with Crippen LogP contribution in [0.1, 0.15) is 11.3 Å². The molecule has 0 saturated carbocycles. The van der Waals surface area contributed by atoms with Gasteiger partial charge in [0.15, 0.2) is 6.61 Å². The first kappa shape index (κ1) is 20.1. The molecule has 0 unspecified atom stereocenters. The molecule has 0 aliphatic heterocycles. The summed E-state index contributed by atoms with van der Waals surface area (Å²) in [6.45, 7) is -0.0716. The average Bonchev–Trinajstić information content (AvgIpc) is 2.83. The molecule has 0 aliphatic rings. The summed E-state index contributed by atoms with van der Waals surface area (Å²) >= 11 is 0. The molecule has 0 spiro atoms. The fourth-order valence-electron chi connectivity index (χ4n) is 3.17. The monoisotopic (exact) mass is 406 g/mol. The molecule has 4 heteroatoms. The number of ether oxygens (including phenoxy) is 1. The number of carbonyl (C=O) groups is 1. The first-order chi connectivity index (χ1) is 15.3. The Kier molecular flexibility index (Phi) is 6.51. The Balaban J connectivity index is 1.39. The Morgan fingerprint density at radius 3 is 2.48 bits per heavy atom. The third-order valence-electron chi connectivity index (χ3n) is 4.64. The molecule has 4 nitrogen and oxygen atoms in total. The zero-order valence-corrected chi connectivity index (χ0v) is 16.9. The maximum absolute atomic E-state index is 12.5. The summed E-state index contributed by atoms with van der Waals surface area (Å²) in [7, 11) is 0. The third kappa shape index (κ3) is 5.67. The van der Waals surface area contributed by atoms with Crippen molar-refractivity contribution in [3.05, 3.63) is 115 Å². The second-order valence-corrected chi connectivity index (χ2v) is 6.91. The molecule has 3 aromatic carbocycles. The minimum absolute atomic E-state index is 0.0716. The molecular formula is C27H22N2O2. The topological polar surface area (TPSA) is 51.2 Å². The predicted octanol–water partition coefficient (Wildman–Crippen LogP) is 5.94. The normalized spacial score (nSPS) is 10.7. The van der Waals surface area contributed by atoms with E-state index in [9.17, 15) is 4.79 Å². The van der Waals surface area contributed by atoms with Gasteiger partial charge in [-0.15, -0.1) is 0 Å². The van der Waals surface area contributed by atoms with Gasteiger partial charge >= 0.3 is 0 Å². The third-order valence-corrected chi connectivity index (χ3v) is 4.64. The van der Waals surface area contributed by atoms with E-state index >= 15 is 0 Å². The zero-order valence-electron chi connectivity index (χ0n) is 16.9. The molecule has 152 valence electrons. The molecule has 1 heterocycles. The summed E-state index contributed by atoms with van der Waals surface area (Å²) in [5.41, 5.74) is 4.57. The van der Waals surface area contributed by atoms with E-state index in [-0.39, 0.29) is 12.5 Å². The van der Waals surface area contributed by atoms with Gasteiger partial charge in [-0.25, -0.2) is 0 Å². The number of para-hydroxylation sites is 1.